The van der Waals surface area contributed by atoms with Crippen LogP contribution in [0.1, 0.15) is 59.4 Å². The van der Waals surface area contributed by atoms with Gasteiger partial charge in [-0.15, -0.1) is 6.58 Å². The highest BCUT2D eigenvalue weighted by Crippen LogP contribution is 2.37. The van der Waals surface area contributed by atoms with Crippen LogP contribution in [0, 0.1) is 11.3 Å². The first-order valence-corrected chi connectivity index (χ1v) is 17.4. The van der Waals surface area contributed by atoms with Gasteiger partial charge in [-0.3, -0.25) is 0 Å². The molecule has 0 aliphatic rings. The fourth-order valence-electron chi connectivity index (χ4n) is 5.75. The second-order valence-electron chi connectivity index (χ2n) is 13.0. The molecule has 0 saturated heterocycles. The third-order valence-corrected chi connectivity index (χ3v) is 13.2. The summed E-state index contributed by atoms with van der Waals surface area (Å²) < 4.78 is 18.5. The van der Waals surface area contributed by atoms with E-state index in [4.69, 9.17) is 13.9 Å². The van der Waals surface area contributed by atoms with Gasteiger partial charge >= 0.3 is 0 Å². The summed E-state index contributed by atoms with van der Waals surface area (Å²) in [5, 5.41) is 13.2. The lowest BCUT2D eigenvalue weighted by molar-refractivity contribution is 0.0741. The normalized spacial score (nSPS) is 15.1. The van der Waals surface area contributed by atoms with Crippen molar-refractivity contribution in [3.05, 3.63) is 115 Å². The van der Waals surface area contributed by atoms with Gasteiger partial charge in [-0.2, -0.15) is 0 Å². The van der Waals surface area contributed by atoms with Crippen molar-refractivity contribution in [3.8, 4) is 5.75 Å². The van der Waals surface area contributed by atoms with Gasteiger partial charge in [0.25, 0.3) is 8.32 Å². The highest BCUT2D eigenvalue weighted by Gasteiger charge is 2.50. The summed E-state index contributed by atoms with van der Waals surface area (Å²) in [7, 11) is -0.931. The Bertz CT molecular complexity index is 1210. The van der Waals surface area contributed by atoms with Crippen molar-refractivity contribution >= 4 is 18.7 Å². The zero-order valence-corrected chi connectivity index (χ0v) is 28.1. The van der Waals surface area contributed by atoms with Crippen LogP contribution >= 0.6 is 0 Å². The van der Waals surface area contributed by atoms with E-state index in [9.17, 15) is 5.11 Å². The van der Waals surface area contributed by atoms with Gasteiger partial charge in [0.15, 0.2) is 0 Å². The van der Waals surface area contributed by atoms with Crippen LogP contribution in [0.2, 0.25) is 5.04 Å². The molecule has 4 nitrogen and oxygen atoms in total. The maximum atomic E-state index is 10.7. The Hall–Kier alpha value is -2.96. The van der Waals surface area contributed by atoms with E-state index in [0.717, 1.165) is 17.7 Å². The summed E-state index contributed by atoms with van der Waals surface area (Å²) >= 11 is 0. The molecule has 0 aromatic heterocycles. The first kappa shape index (κ1) is 34.5. The van der Waals surface area contributed by atoms with Gasteiger partial charge in [-0.05, 0) is 63.7 Å². The van der Waals surface area contributed by atoms with Crippen molar-refractivity contribution < 1.29 is 19.0 Å². The fourth-order valence-corrected chi connectivity index (χ4v) is 10.4. The Morgan fingerprint density at radius 1 is 0.884 bits per heavy atom. The van der Waals surface area contributed by atoms with E-state index < -0.39 is 14.4 Å². The molecule has 3 aromatic rings. The van der Waals surface area contributed by atoms with Gasteiger partial charge < -0.3 is 19.0 Å². The maximum Gasteiger partial charge on any atom is 0.261 e. The summed E-state index contributed by atoms with van der Waals surface area (Å²) in [6.45, 7) is 16.9. The molecular formula is C38H52O4Si. The van der Waals surface area contributed by atoms with E-state index in [1.54, 1.807) is 13.2 Å². The van der Waals surface area contributed by atoms with Crippen molar-refractivity contribution in [2.24, 2.45) is 11.3 Å². The lowest BCUT2D eigenvalue weighted by Crippen LogP contribution is -2.66. The van der Waals surface area contributed by atoms with Crippen molar-refractivity contribution in [1.29, 1.82) is 0 Å². The Labute approximate surface area is 261 Å². The van der Waals surface area contributed by atoms with Gasteiger partial charge in [0.1, 0.15) is 5.75 Å². The number of aliphatic hydroxyl groups is 1. The lowest BCUT2D eigenvalue weighted by Gasteiger charge is -2.43. The van der Waals surface area contributed by atoms with Crippen molar-refractivity contribution in [2.45, 2.75) is 71.6 Å². The fraction of sp³-hybridized carbons (Fsp3) is 0.421. The molecule has 3 rings (SSSR count). The van der Waals surface area contributed by atoms with Crippen LogP contribution in [0.25, 0.3) is 0 Å². The van der Waals surface area contributed by atoms with Gasteiger partial charge in [0.05, 0.1) is 19.8 Å². The molecule has 0 bridgehead atoms. The minimum atomic E-state index is -2.60. The molecule has 0 spiro atoms. The van der Waals surface area contributed by atoms with E-state index in [1.165, 1.54) is 10.4 Å². The largest absolute Gasteiger partial charge is 0.497 e. The molecule has 232 valence electrons. The van der Waals surface area contributed by atoms with Gasteiger partial charge in [0.2, 0.25) is 0 Å². The van der Waals surface area contributed by atoms with Crippen molar-refractivity contribution in [1.82, 2.24) is 0 Å². The van der Waals surface area contributed by atoms with Crippen LogP contribution in [-0.4, -0.2) is 39.9 Å². The SMILES string of the molecule is C=CC[C@@H](O)C[C@](C)(/C=C/[C@H](C)CO[Si](c1ccccc1)(c1ccccc1)C(C)(C)C)CCOCc1ccc(OC)cc1. The van der Waals surface area contributed by atoms with E-state index in [-0.39, 0.29) is 16.4 Å². The predicted molar refractivity (Wildman–Crippen MR) is 183 cm³/mol. The topological polar surface area (TPSA) is 47.9 Å². The standard InChI is InChI=1S/C38H52O4Si/c1-8-15-33(39)28-38(6,26-27-41-30-32-20-22-34(40-7)23-21-32)25-24-31(2)29-42-43(37(3,4)5,35-16-11-9-12-17-35)36-18-13-10-14-19-36/h8-14,16-25,31,33,39H,1,15,26-30H2,2-7H3/b25-24+/t31-,33+,38+/m0/s1. The van der Waals surface area contributed by atoms with E-state index >= 15 is 0 Å². The predicted octanol–water partition coefficient (Wildman–Crippen LogP) is 7.70. The molecule has 5 heteroatoms. The number of allylic oxidation sites excluding steroid dienone is 1. The third kappa shape index (κ3) is 9.77. The summed E-state index contributed by atoms with van der Waals surface area (Å²) in [5.41, 5.74) is 0.882. The average Bonchev–Trinajstić information content (AvgIpc) is 2.99. The molecule has 1 N–H and O–H groups in total. The van der Waals surface area contributed by atoms with Gasteiger partial charge in [0, 0.05) is 13.2 Å². The maximum absolute atomic E-state index is 10.7. The second kappa shape index (κ2) is 16.2. The minimum absolute atomic E-state index is 0.0658. The molecule has 0 amide bonds. The zero-order chi connectivity index (χ0) is 31.3. The molecular weight excluding hydrogens is 549 g/mol. The summed E-state index contributed by atoms with van der Waals surface area (Å²) in [6.07, 6.45) is 7.90. The Morgan fingerprint density at radius 3 is 1.98 bits per heavy atom. The van der Waals surface area contributed by atoms with Crippen LogP contribution < -0.4 is 15.1 Å². The van der Waals surface area contributed by atoms with E-state index in [2.05, 4.69) is 114 Å². The highest BCUT2D eigenvalue weighted by molar-refractivity contribution is 6.99. The highest BCUT2D eigenvalue weighted by atomic mass is 28.4. The summed E-state index contributed by atoms with van der Waals surface area (Å²) in [4.78, 5) is 0. The van der Waals surface area contributed by atoms with Crippen molar-refractivity contribution in [3.63, 3.8) is 0 Å². The van der Waals surface area contributed by atoms with Gasteiger partial charge in [-0.25, -0.2) is 0 Å². The molecule has 0 radical (unpaired) electrons. The van der Waals surface area contributed by atoms with Crippen LogP contribution in [-0.2, 0) is 15.8 Å². The van der Waals surface area contributed by atoms with Crippen molar-refractivity contribution in [2.75, 3.05) is 20.3 Å². The molecule has 0 unspecified atom stereocenters. The Kier molecular flexibility index (Phi) is 13.0. The van der Waals surface area contributed by atoms with E-state index in [0.29, 0.717) is 32.7 Å². The number of rotatable bonds is 17. The Morgan fingerprint density at radius 2 is 1.47 bits per heavy atom. The molecule has 0 aliphatic heterocycles. The summed E-state index contributed by atoms with van der Waals surface area (Å²) in [6, 6.07) is 29.5. The molecule has 0 saturated carbocycles. The molecule has 3 aromatic carbocycles. The molecule has 0 fully saturated rings. The number of ether oxygens (including phenoxy) is 2. The average molecular weight is 601 g/mol. The number of hydrogen-bond acceptors (Lipinski definition) is 4. The van der Waals surface area contributed by atoms with Crippen LogP contribution in [0.3, 0.4) is 0 Å². The lowest BCUT2D eigenvalue weighted by atomic mass is 9.80. The number of aliphatic hydroxyl groups excluding tert-OH is 1. The second-order valence-corrected chi connectivity index (χ2v) is 17.3. The molecule has 0 heterocycles. The smallest absolute Gasteiger partial charge is 0.261 e. The summed E-state index contributed by atoms with van der Waals surface area (Å²) in [5.74, 6) is 1.03. The zero-order valence-electron chi connectivity index (χ0n) is 27.1. The first-order valence-electron chi connectivity index (χ1n) is 15.5. The van der Waals surface area contributed by atoms with Crippen LogP contribution in [0.5, 0.6) is 5.75 Å². The molecule has 0 aliphatic carbocycles. The quantitative estimate of drug-likeness (QED) is 0.0980. The number of hydrogen-bond donors (Lipinski definition) is 1. The van der Waals surface area contributed by atoms with Crippen LogP contribution in [0.15, 0.2) is 110 Å². The first-order chi connectivity index (χ1) is 20.5. The molecule has 43 heavy (non-hydrogen) atoms. The number of benzene rings is 3. The molecule has 3 atom stereocenters. The third-order valence-electron chi connectivity index (χ3n) is 8.19. The Balaban J connectivity index is 1.75. The minimum Gasteiger partial charge on any atom is -0.497 e. The van der Waals surface area contributed by atoms with Crippen LogP contribution in [0.4, 0.5) is 0 Å². The number of methoxy groups -OCH3 is 1. The monoisotopic (exact) mass is 600 g/mol. The van der Waals surface area contributed by atoms with Gasteiger partial charge in [-0.1, -0.05) is 126 Å². The van der Waals surface area contributed by atoms with E-state index in [1.807, 2.05) is 24.3 Å².